The van der Waals surface area contributed by atoms with Crippen molar-refractivity contribution in [2.45, 2.75) is 6.54 Å². The van der Waals surface area contributed by atoms with E-state index < -0.39 is 0 Å². The maximum atomic E-state index is 13.5. The van der Waals surface area contributed by atoms with Crippen LogP contribution in [0.5, 0.6) is 0 Å². The van der Waals surface area contributed by atoms with Crippen molar-refractivity contribution in [2.24, 2.45) is 0 Å². The number of nitrogens with zero attached hydrogens (tertiary/aromatic N) is 1. The molecule has 16 heavy (non-hydrogen) atoms. The van der Waals surface area contributed by atoms with Gasteiger partial charge in [-0.25, -0.2) is 9.37 Å². The van der Waals surface area contributed by atoms with Gasteiger partial charge in [0, 0.05) is 12.1 Å². The molecule has 0 saturated carbocycles. The van der Waals surface area contributed by atoms with E-state index in [1.54, 1.807) is 12.1 Å². The third-order valence-electron chi connectivity index (χ3n) is 2.09. The summed E-state index contributed by atoms with van der Waals surface area (Å²) in [6.07, 6.45) is 0. The predicted octanol–water partition coefficient (Wildman–Crippen LogP) is 3.43. The van der Waals surface area contributed by atoms with E-state index in [2.05, 4.69) is 26.2 Å². The van der Waals surface area contributed by atoms with Crippen LogP contribution in [0, 0.1) is 5.82 Å². The maximum Gasteiger partial charge on any atom is 0.133 e. The highest BCUT2D eigenvalue weighted by molar-refractivity contribution is 9.10. The average Bonchev–Trinajstić information content (AvgIpc) is 2.61. The number of benzene rings is 1. The molecule has 0 fully saturated rings. The number of nitrogens with one attached hydrogen (secondary N) is 1. The van der Waals surface area contributed by atoms with Crippen LogP contribution in [0.15, 0.2) is 28.9 Å². The van der Waals surface area contributed by atoms with E-state index in [1.807, 2.05) is 13.1 Å². The van der Waals surface area contributed by atoms with Crippen molar-refractivity contribution >= 4 is 27.3 Å². The highest BCUT2D eigenvalue weighted by atomic mass is 79.9. The minimum atomic E-state index is -0.236. The molecule has 0 saturated heterocycles. The van der Waals surface area contributed by atoms with Gasteiger partial charge in [0.1, 0.15) is 15.4 Å². The Morgan fingerprint density at radius 1 is 1.44 bits per heavy atom. The summed E-state index contributed by atoms with van der Waals surface area (Å²) < 4.78 is 14.3. The molecule has 2 aromatic rings. The van der Waals surface area contributed by atoms with Crippen LogP contribution in [0.1, 0.15) is 4.88 Å². The monoisotopic (exact) mass is 300 g/mol. The van der Waals surface area contributed by atoms with E-state index >= 15 is 0 Å². The lowest BCUT2D eigenvalue weighted by molar-refractivity contribution is 0.631. The van der Waals surface area contributed by atoms with Crippen molar-refractivity contribution in [1.82, 2.24) is 10.3 Å². The summed E-state index contributed by atoms with van der Waals surface area (Å²) in [5, 5.41) is 3.75. The third-order valence-corrected chi connectivity index (χ3v) is 4.10. The molecule has 0 aliphatic rings. The normalized spacial score (nSPS) is 10.7. The van der Waals surface area contributed by atoms with Gasteiger partial charge in [-0.05, 0) is 35.1 Å². The summed E-state index contributed by atoms with van der Waals surface area (Å²) in [5.74, 6) is -0.236. The van der Waals surface area contributed by atoms with Gasteiger partial charge in [0.15, 0.2) is 0 Å². The Hall–Kier alpha value is -0.780. The number of halogens is 2. The van der Waals surface area contributed by atoms with Gasteiger partial charge in [-0.2, -0.15) is 0 Å². The van der Waals surface area contributed by atoms with Gasteiger partial charge < -0.3 is 5.32 Å². The summed E-state index contributed by atoms with van der Waals surface area (Å²) in [7, 11) is 1.87. The second kappa shape index (κ2) is 5.03. The number of aromatic nitrogens is 1. The van der Waals surface area contributed by atoms with Crippen molar-refractivity contribution < 1.29 is 4.39 Å². The summed E-state index contributed by atoms with van der Waals surface area (Å²) >= 11 is 4.87. The zero-order chi connectivity index (χ0) is 11.5. The fourth-order valence-electron chi connectivity index (χ4n) is 1.35. The van der Waals surface area contributed by atoms with Crippen molar-refractivity contribution in [3.05, 3.63) is 39.6 Å². The van der Waals surface area contributed by atoms with Crippen LogP contribution in [-0.4, -0.2) is 12.0 Å². The zero-order valence-corrected chi connectivity index (χ0v) is 11.0. The first kappa shape index (κ1) is 11.7. The standard InChI is InChI=1S/C11H10BrFN2S/c1-14-6-9-10(12)15-11(16-9)7-4-2-3-5-8(7)13/h2-5,14H,6H2,1H3. The Labute approximate surface area is 106 Å². The highest BCUT2D eigenvalue weighted by Crippen LogP contribution is 2.32. The second-order valence-corrected chi connectivity index (χ2v) is 5.08. The van der Waals surface area contributed by atoms with Gasteiger partial charge in [0.05, 0.1) is 4.88 Å². The third kappa shape index (κ3) is 2.31. The summed E-state index contributed by atoms with van der Waals surface area (Å²) in [6.45, 7) is 0.729. The Morgan fingerprint density at radius 3 is 2.88 bits per heavy atom. The topological polar surface area (TPSA) is 24.9 Å². The van der Waals surface area contributed by atoms with Crippen molar-refractivity contribution in [3.8, 4) is 10.6 Å². The molecule has 1 aromatic carbocycles. The van der Waals surface area contributed by atoms with Crippen molar-refractivity contribution in [3.63, 3.8) is 0 Å². The number of hydrogen-bond donors (Lipinski definition) is 1. The lowest BCUT2D eigenvalue weighted by Crippen LogP contribution is -2.03. The molecule has 2 nitrogen and oxygen atoms in total. The van der Waals surface area contributed by atoms with Crippen LogP contribution in [0.2, 0.25) is 0 Å². The molecule has 2 rings (SSSR count). The van der Waals surface area contributed by atoms with E-state index in [9.17, 15) is 4.39 Å². The molecule has 1 aromatic heterocycles. The van der Waals surface area contributed by atoms with E-state index in [4.69, 9.17) is 0 Å². The molecule has 0 bridgehead atoms. The largest absolute Gasteiger partial charge is 0.315 e. The van der Waals surface area contributed by atoms with Crippen LogP contribution >= 0.6 is 27.3 Å². The van der Waals surface area contributed by atoms with Crippen LogP contribution in [-0.2, 0) is 6.54 Å². The summed E-state index contributed by atoms with van der Waals surface area (Å²) in [4.78, 5) is 5.39. The molecule has 1 N–H and O–H groups in total. The zero-order valence-electron chi connectivity index (χ0n) is 8.63. The van der Waals surface area contributed by atoms with Crippen LogP contribution in [0.3, 0.4) is 0 Å². The van der Waals surface area contributed by atoms with E-state index in [0.717, 1.165) is 16.0 Å². The summed E-state index contributed by atoms with van der Waals surface area (Å²) in [5.41, 5.74) is 0.551. The Bertz CT molecular complexity index is 498. The van der Waals surface area contributed by atoms with Gasteiger partial charge in [-0.3, -0.25) is 0 Å². The van der Waals surface area contributed by atoms with Gasteiger partial charge in [-0.15, -0.1) is 11.3 Å². The molecular formula is C11H10BrFN2S. The molecule has 5 heteroatoms. The molecule has 1 heterocycles. The summed E-state index contributed by atoms with van der Waals surface area (Å²) in [6, 6.07) is 6.67. The molecule has 0 unspecified atom stereocenters. The molecule has 0 atom stereocenters. The van der Waals surface area contributed by atoms with Crippen molar-refractivity contribution in [2.75, 3.05) is 7.05 Å². The molecule has 0 spiro atoms. The molecule has 0 aliphatic heterocycles. The smallest absolute Gasteiger partial charge is 0.133 e. The first-order chi connectivity index (χ1) is 7.72. The lowest BCUT2D eigenvalue weighted by Gasteiger charge is -1.96. The van der Waals surface area contributed by atoms with E-state index in [1.165, 1.54) is 17.4 Å². The number of rotatable bonds is 3. The second-order valence-electron chi connectivity index (χ2n) is 3.24. The molecule has 0 aliphatic carbocycles. The molecular weight excluding hydrogens is 291 g/mol. The van der Waals surface area contributed by atoms with E-state index in [0.29, 0.717) is 10.6 Å². The lowest BCUT2D eigenvalue weighted by atomic mass is 10.2. The van der Waals surface area contributed by atoms with Crippen LogP contribution < -0.4 is 5.32 Å². The first-order valence-corrected chi connectivity index (χ1v) is 6.38. The first-order valence-electron chi connectivity index (χ1n) is 4.77. The molecule has 0 radical (unpaired) electrons. The van der Waals surface area contributed by atoms with Gasteiger partial charge >= 0.3 is 0 Å². The SMILES string of the molecule is CNCc1sc(-c2ccccc2F)nc1Br. The van der Waals surface area contributed by atoms with E-state index in [-0.39, 0.29) is 5.82 Å². The molecule has 84 valence electrons. The van der Waals surface area contributed by atoms with Gasteiger partial charge in [-0.1, -0.05) is 12.1 Å². The van der Waals surface area contributed by atoms with Crippen molar-refractivity contribution in [1.29, 1.82) is 0 Å². The van der Waals surface area contributed by atoms with Crippen LogP contribution in [0.25, 0.3) is 10.6 Å². The minimum Gasteiger partial charge on any atom is -0.315 e. The highest BCUT2D eigenvalue weighted by Gasteiger charge is 2.12. The number of hydrogen-bond acceptors (Lipinski definition) is 3. The number of thiazole rings is 1. The Morgan fingerprint density at radius 2 is 2.19 bits per heavy atom. The Kier molecular flexibility index (Phi) is 3.68. The fraction of sp³-hybridized carbons (Fsp3) is 0.182. The quantitative estimate of drug-likeness (QED) is 0.939. The van der Waals surface area contributed by atoms with Crippen LogP contribution in [0.4, 0.5) is 4.39 Å². The predicted molar refractivity (Wildman–Crippen MR) is 68.0 cm³/mol. The minimum absolute atomic E-state index is 0.236. The van der Waals surface area contributed by atoms with Gasteiger partial charge in [0.25, 0.3) is 0 Å². The fourth-order valence-corrected chi connectivity index (χ4v) is 3.02. The average molecular weight is 301 g/mol. The van der Waals surface area contributed by atoms with Gasteiger partial charge in [0.2, 0.25) is 0 Å². The molecule has 0 amide bonds. The Balaban J connectivity index is 2.42. The maximum absolute atomic E-state index is 13.5.